The lowest BCUT2D eigenvalue weighted by atomic mass is 10.1. The van der Waals surface area contributed by atoms with Crippen molar-refractivity contribution in [1.29, 1.82) is 5.41 Å². The zero-order chi connectivity index (χ0) is 24.0. The molecule has 0 amide bonds. The van der Waals surface area contributed by atoms with E-state index < -0.39 is 11.6 Å². The summed E-state index contributed by atoms with van der Waals surface area (Å²) in [6.45, 7) is 3.57. The van der Waals surface area contributed by atoms with Gasteiger partial charge in [0.05, 0.1) is 40.5 Å². The lowest BCUT2D eigenvalue weighted by molar-refractivity contribution is 0.122. The molecule has 2 aromatic heterocycles. The molecule has 0 spiro atoms. The van der Waals surface area contributed by atoms with Gasteiger partial charge in [-0.3, -0.25) is 15.0 Å². The number of halogens is 3. The highest BCUT2D eigenvalue weighted by atomic mass is 35.5. The first-order valence-corrected chi connectivity index (χ1v) is 10.9. The van der Waals surface area contributed by atoms with Crippen molar-refractivity contribution in [3.63, 3.8) is 0 Å². The summed E-state index contributed by atoms with van der Waals surface area (Å²) in [5.41, 5.74) is 7.80. The quantitative estimate of drug-likeness (QED) is 0.337. The van der Waals surface area contributed by atoms with Crippen LogP contribution < -0.4 is 10.6 Å². The molecule has 2 aromatic carbocycles. The van der Waals surface area contributed by atoms with Crippen molar-refractivity contribution < 1.29 is 13.5 Å². The minimum atomic E-state index is -0.543. The van der Waals surface area contributed by atoms with Crippen molar-refractivity contribution in [2.75, 3.05) is 31.2 Å². The largest absolute Gasteiger partial charge is 0.383 e. The second kappa shape index (κ2) is 8.62. The molecule has 34 heavy (non-hydrogen) atoms. The Kier molecular flexibility index (Phi) is 5.62. The van der Waals surface area contributed by atoms with Crippen molar-refractivity contribution in [2.45, 2.75) is 6.92 Å². The van der Waals surface area contributed by atoms with E-state index in [0.29, 0.717) is 49.1 Å². The van der Waals surface area contributed by atoms with Crippen LogP contribution in [0.15, 0.2) is 35.5 Å². The van der Waals surface area contributed by atoms with E-state index in [-0.39, 0.29) is 32.8 Å². The number of nitrogens with one attached hydrogen (secondary N) is 1. The van der Waals surface area contributed by atoms with Gasteiger partial charge in [0.1, 0.15) is 34.8 Å². The number of amidine groups is 1. The number of aromatic nitrogens is 3. The number of rotatable bonds is 4. The summed E-state index contributed by atoms with van der Waals surface area (Å²) in [6, 6.07) is 5.86. The fraction of sp³-hybridized carbons (Fsp3) is 0.217. The average Bonchev–Trinajstić information content (AvgIpc) is 3.19. The third-order valence-corrected chi connectivity index (χ3v) is 6.16. The molecule has 0 atom stereocenters. The lowest BCUT2D eigenvalue weighted by Gasteiger charge is -2.29. The average molecular weight is 484 g/mol. The van der Waals surface area contributed by atoms with E-state index in [4.69, 9.17) is 27.5 Å². The number of nitrogens with two attached hydrogens (primary N) is 1. The monoisotopic (exact) mass is 483 g/mol. The van der Waals surface area contributed by atoms with Gasteiger partial charge in [-0.25, -0.2) is 18.8 Å². The minimum Gasteiger partial charge on any atom is -0.383 e. The Morgan fingerprint density at radius 1 is 1.21 bits per heavy atom. The van der Waals surface area contributed by atoms with Gasteiger partial charge in [-0.2, -0.15) is 0 Å². The van der Waals surface area contributed by atoms with Gasteiger partial charge in [0.2, 0.25) is 0 Å². The van der Waals surface area contributed by atoms with Gasteiger partial charge in [0.15, 0.2) is 5.82 Å². The zero-order valence-electron chi connectivity index (χ0n) is 18.1. The number of hydrogen-bond acceptors (Lipinski definition) is 5. The van der Waals surface area contributed by atoms with Crippen LogP contribution in [-0.2, 0) is 4.74 Å². The van der Waals surface area contributed by atoms with Crippen LogP contribution in [0.2, 0.25) is 5.02 Å². The van der Waals surface area contributed by atoms with Gasteiger partial charge in [0.25, 0.3) is 0 Å². The SMILES string of the molecule is Cc1nc2c(C(N)=NC=N)cc(N3CCOCC3)c(F)c2n1-c1ccnc2c(Cl)ccc(F)c12. The molecule has 4 aromatic rings. The second-order valence-electron chi connectivity index (χ2n) is 7.77. The van der Waals surface area contributed by atoms with Crippen LogP contribution >= 0.6 is 11.6 Å². The zero-order valence-corrected chi connectivity index (χ0v) is 18.9. The topological polar surface area (TPSA) is 105 Å². The molecule has 8 nitrogen and oxygen atoms in total. The van der Waals surface area contributed by atoms with E-state index in [1.165, 1.54) is 18.3 Å². The van der Waals surface area contributed by atoms with E-state index in [1.807, 2.05) is 4.90 Å². The predicted molar refractivity (Wildman–Crippen MR) is 129 cm³/mol. The van der Waals surface area contributed by atoms with Crippen molar-refractivity contribution >= 4 is 51.4 Å². The Balaban J connectivity index is 1.90. The standard InChI is InChI=1S/C23H20ClF2N7O/c1-12-31-20-13(23(28)30-11-27)10-17(32-6-8-34-9-7-32)19(26)22(20)33(12)16-4-5-29-21-14(24)2-3-15(25)18(16)21/h2-5,10-11H,6-9H2,1H3,(H3,27,28,30). The highest BCUT2D eigenvalue weighted by Crippen LogP contribution is 2.36. The normalized spacial score (nSPS) is 14.8. The minimum absolute atomic E-state index is 0.0213. The number of anilines is 1. The smallest absolute Gasteiger partial charge is 0.172 e. The van der Waals surface area contributed by atoms with Crippen molar-refractivity contribution in [3.05, 3.63) is 58.5 Å². The van der Waals surface area contributed by atoms with Crippen molar-refractivity contribution in [2.24, 2.45) is 10.7 Å². The van der Waals surface area contributed by atoms with Crippen molar-refractivity contribution in [1.82, 2.24) is 14.5 Å². The summed E-state index contributed by atoms with van der Waals surface area (Å²) < 4.78 is 38.2. The van der Waals surface area contributed by atoms with Gasteiger partial charge < -0.3 is 15.4 Å². The summed E-state index contributed by atoms with van der Waals surface area (Å²) in [4.78, 5) is 14.5. The maximum atomic E-state index is 16.2. The van der Waals surface area contributed by atoms with Gasteiger partial charge in [-0.15, -0.1) is 0 Å². The van der Waals surface area contributed by atoms with Crippen LogP contribution in [0.3, 0.4) is 0 Å². The first-order chi connectivity index (χ1) is 16.4. The molecule has 3 N–H and O–H groups in total. The molecule has 0 radical (unpaired) electrons. The number of benzene rings is 2. The third kappa shape index (κ3) is 3.46. The fourth-order valence-electron chi connectivity index (χ4n) is 4.34. The molecule has 1 aliphatic heterocycles. The molecular formula is C23H20ClF2N7O. The Bertz CT molecular complexity index is 1480. The van der Waals surface area contributed by atoms with Crippen molar-refractivity contribution in [3.8, 4) is 5.69 Å². The highest BCUT2D eigenvalue weighted by molar-refractivity contribution is 6.35. The van der Waals surface area contributed by atoms with E-state index in [2.05, 4.69) is 15.0 Å². The number of hydrogen-bond donors (Lipinski definition) is 2. The summed E-state index contributed by atoms with van der Waals surface area (Å²) in [5, 5.41) is 7.74. The third-order valence-electron chi connectivity index (χ3n) is 5.86. The molecule has 5 rings (SSSR count). The number of morpholine rings is 1. The van der Waals surface area contributed by atoms with Crippen LogP contribution in [-0.4, -0.2) is 53.0 Å². The maximum Gasteiger partial charge on any atom is 0.172 e. The number of pyridine rings is 1. The molecule has 11 heteroatoms. The molecule has 1 fully saturated rings. The number of aryl methyl sites for hydroxylation is 1. The Morgan fingerprint density at radius 3 is 2.71 bits per heavy atom. The van der Waals surface area contributed by atoms with E-state index in [9.17, 15) is 0 Å². The molecule has 1 aliphatic rings. The molecule has 1 saturated heterocycles. The summed E-state index contributed by atoms with van der Waals surface area (Å²) in [7, 11) is 0. The maximum absolute atomic E-state index is 16.2. The van der Waals surface area contributed by atoms with E-state index >= 15 is 8.78 Å². The summed E-state index contributed by atoms with van der Waals surface area (Å²) in [6.07, 6.45) is 2.31. The molecule has 0 saturated carbocycles. The first kappa shape index (κ1) is 22.2. The highest BCUT2D eigenvalue weighted by Gasteiger charge is 2.26. The Labute approximate surface area is 198 Å². The number of aliphatic imine (C=N–C) groups is 1. The molecule has 3 heterocycles. The number of imidazole rings is 1. The number of fused-ring (bicyclic) bond motifs is 2. The molecule has 0 aliphatic carbocycles. The molecular weight excluding hydrogens is 464 g/mol. The van der Waals surface area contributed by atoms with Crippen LogP contribution in [0.5, 0.6) is 0 Å². The summed E-state index contributed by atoms with van der Waals surface area (Å²) in [5.74, 6) is -0.647. The van der Waals surface area contributed by atoms with Crippen LogP contribution in [0.4, 0.5) is 14.5 Å². The lowest BCUT2D eigenvalue weighted by Crippen LogP contribution is -2.37. The van der Waals surface area contributed by atoms with Gasteiger partial charge >= 0.3 is 0 Å². The molecule has 174 valence electrons. The molecule has 0 unspecified atom stereocenters. The van der Waals surface area contributed by atoms with Crippen LogP contribution in [0, 0.1) is 24.0 Å². The second-order valence-corrected chi connectivity index (χ2v) is 8.18. The predicted octanol–water partition coefficient (Wildman–Crippen LogP) is 3.96. The fourth-order valence-corrected chi connectivity index (χ4v) is 4.54. The van der Waals surface area contributed by atoms with Gasteiger partial charge in [0, 0.05) is 24.8 Å². The Morgan fingerprint density at radius 2 is 1.97 bits per heavy atom. The van der Waals surface area contributed by atoms with Crippen LogP contribution in [0.25, 0.3) is 27.6 Å². The van der Waals surface area contributed by atoms with Gasteiger partial charge in [-0.05, 0) is 31.2 Å². The van der Waals surface area contributed by atoms with Crippen LogP contribution in [0.1, 0.15) is 11.4 Å². The first-order valence-electron chi connectivity index (χ1n) is 10.5. The van der Waals surface area contributed by atoms with E-state index in [1.54, 1.807) is 23.6 Å². The summed E-state index contributed by atoms with van der Waals surface area (Å²) >= 11 is 6.28. The van der Waals surface area contributed by atoms with Gasteiger partial charge in [-0.1, -0.05) is 11.6 Å². The van der Waals surface area contributed by atoms with E-state index in [0.717, 1.165) is 6.34 Å². The Hall–Kier alpha value is -3.63. The molecule has 0 bridgehead atoms. The number of nitrogens with zero attached hydrogens (tertiary/aromatic N) is 5. The number of ether oxygens (including phenoxy) is 1.